The number of quaternary nitrogens is 1. The molecule has 0 aliphatic rings. The van der Waals surface area contributed by atoms with Crippen molar-refractivity contribution in [3.8, 4) is 0 Å². The molecule has 2 atom stereocenters. The molecule has 0 fully saturated rings. The summed E-state index contributed by atoms with van der Waals surface area (Å²) in [6, 6.07) is 0.414. The van der Waals surface area contributed by atoms with Crippen LogP contribution in [-0.4, -0.2) is 29.5 Å². The fourth-order valence-electron chi connectivity index (χ4n) is 2.69. The molecule has 1 amide bonds. The maximum Gasteiger partial charge on any atom is 0.338 e. The van der Waals surface area contributed by atoms with E-state index in [1.165, 1.54) is 25.3 Å². The van der Waals surface area contributed by atoms with Gasteiger partial charge in [-0.3, -0.25) is 4.48 Å². The Balaban J connectivity index is 4.75. The van der Waals surface area contributed by atoms with Crippen molar-refractivity contribution in [2.45, 2.75) is 65.8 Å². The molecule has 100 valence electrons. The van der Waals surface area contributed by atoms with Crippen LogP contribution < -0.4 is 0 Å². The Labute approximate surface area is 107 Å². The van der Waals surface area contributed by atoms with Crippen LogP contribution in [0, 0.1) is 0 Å². The number of rotatable bonds is 9. The number of carbonyl (C=O) groups is 1. The molecule has 0 bridgehead atoms. The summed E-state index contributed by atoms with van der Waals surface area (Å²) in [6.45, 7) is 14.2. The highest BCUT2D eigenvalue weighted by atomic mass is 16.2. The van der Waals surface area contributed by atoms with Gasteiger partial charge in [0.2, 0.25) is 0 Å². The smallest absolute Gasteiger partial charge is 0.255 e. The van der Waals surface area contributed by atoms with Gasteiger partial charge in [-0.05, 0) is 33.1 Å². The number of carbonyl (C=O) groups excluding carboxylic acids is 1. The molecule has 0 heterocycles. The molecule has 0 aromatic heterocycles. The van der Waals surface area contributed by atoms with Crippen LogP contribution in [0.15, 0.2) is 12.7 Å². The Kier molecular flexibility index (Phi) is 8.15. The first-order valence-corrected chi connectivity index (χ1v) is 7.12. The molecule has 0 aromatic carbocycles. The van der Waals surface area contributed by atoms with Crippen molar-refractivity contribution in [3.05, 3.63) is 12.7 Å². The highest BCUT2D eigenvalue weighted by Gasteiger charge is 2.37. The minimum absolute atomic E-state index is 0.193. The molecule has 0 rings (SSSR count). The SMILES string of the molecule is C=CC(=O)[N+](CC)(CCC)C(C)CCCCC. The molecule has 0 spiro atoms. The fraction of sp³-hybridized carbons (Fsp3) is 0.800. The molecule has 17 heavy (non-hydrogen) atoms. The van der Waals surface area contributed by atoms with Crippen molar-refractivity contribution >= 4 is 5.91 Å². The summed E-state index contributed by atoms with van der Waals surface area (Å²) in [6.07, 6.45) is 7.43. The fourth-order valence-corrected chi connectivity index (χ4v) is 2.69. The van der Waals surface area contributed by atoms with Crippen molar-refractivity contribution in [1.29, 1.82) is 0 Å². The Morgan fingerprint density at radius 3 is 2.29 bits per heavy atom. The highest BCUT2D eigenvalue weighted by Crippen LogP contribution is 2.21. The second-order valence-electron chi connectivity index (χ2n) is 4.96. The number of unbranched alkanes of at least 4 members (excludes halogenated alkanes) is 2. The van der Waals surface area contributed by atoms with Gasteiger partial charge in [0, 0.05) is 6.08 Å². The molecule has 0 aliphatic heterocycles. The highest BCUT2D eigenvalue weighted by molar-refractivity contribution is 5.80. The molecule has 2 unspecified atom stereocenters. The van der Waals surface area contributed by atoms with E-state index in [2.05, 4.69) is 34.3 Å². The van der Waals surface area contributed by atoms with Crippen LogP contribution in [0.4, 0.5) is 0 Å². The van der Waals surface area contributed by atoms with Crippen molar-refractivity contribution in [2.24, 2.45) is 0 Å². The third-order valence-electron chi connectivity index (χ3n) is 3.87. The van der Waals surface area contributed by atoms with Crippen LogP contribution in [0.25, 0.3) is 0 Å². The summed E-state index contributed by atoms with van der Waals surface area (Å²) in [5.41, 5.74) is 0. The number of likely N-dealkylation sites (N-methyl/N-ethyl adjacent to an activating group) is 1. The Bertz CT molecular complexity index is 237. The van der Waals surface area contributed by atoms with Crippen LogP contribution in [0.2, 0.25) is 0 Å². The number of amides is 1. The standard InChI is InChI=1S/C15H30NO/c1-6-10-11-12-14(5)16(9-4,13-7-2)15(17)8-3/h8,14H,3,6-7,9-13H2,1-2,4-5H3/q+1. The summed E-state index contributed by atoms with van der Waals surface area (Å²) >= 11 is 0. The first-order valence-electron chi connectivity index (χ1n) is 7.12. The molecule has 0 saturated carbocycles. The molecular formula is C15H30NO+. The average molecular weight is 240 g/mol. The molecule has 0 saturated heterocycles. The second-order valence-corrected chi connectivity index (χ2v) is 4.96. The predicted molar refractivity (Wildman–Crippen MR) is 74.8 cm³/mol. The summed E-state index contributed by atoms with van der Waals surface area (Å²) in [4.78, 5) is 12.2. The van der Waals surface area contributed by atoms with Crippen LogP contribution in [0.3, 0.4) is 0 Å². The molecule has 0 N–H and O–H groups in total. The quantitative estimate of drug-likeness (QED) is 0.339. The average Bonchev–Trinajstić information content (AvgIpc) is 2.35. The van der Waals surface area contributed by atoms with E-state index in [-0.39, 0.29) is 5.91 Å². The van der Waals surface area contributed by atoms with Gasteiger partial charge in [-0.15, -0.1) is 0 Å². The van der Waals surface area contributed by atoms with Gasteiger partial charge in [0.15, 0.2) is 0 Å². The molecule has 2 nitrogen and oxygen atoms in total. The maximum atomic E-state index is 12.2. The zero-order valence-corrected chi connectivity index (χ0v) is 12.2. The largest absolute Gasteiger partial charge is 0.338 e. The van der Waals surface area contributed by atoms with Crippen molar-refractivity contribution < 1.29 is 9.28 Å². The van der Waals surface area contributed by atoms with Gasteiger partial charge < -0.3 is 0 Å². The van der Waals surface area contributed by atoms with Crippen molar-refractivity contribution in [1.82, 2.24) is 0 Å². The topological polar surface area (TPSA) is 17.1 Å². The van der Waals surface area contributed by atoms with Gasteiger partial charge in [0.25, 0.3) is 0 Å². The van der Waals surface area contributed by atoms with Crippen LogP contribution >= 0.6 is 0 Å². The van der Waals surface area contributed by atoms with E-state index in [0.29, 0.717) is 10.5 Å². The summed E-state index contributed by atoms with van der Waals surface area (Å²) in [5, 5.41) is 0. The van der Waals surface area contributed by atoms with E-state index < -0.39 is 0 Å². The monoisotopic (exact) mass is 240 g/mol. The molecule has 0 aliphatic carbocycles. The third-order valence-corrected chi connectivity index (χ3v) is 3.87. The van der Waals surface area contributed by atoms with Gasteiger partial charge in [-0.1, -0.05) is 33.3 Å². The lowest BCUT2D eigenvalue weighted by Crippen LogP contribution is -2.58. The van der Waals surface area contributed by atoms with E-state index in [0.717, 1.165) is 25.9 Å². The number of hydrogen-bond acceptors (Lipinski definition) is 1. The van der Waals surface area contributed by atoms with Crippen LogP contribution in [0.1, 0.15) is 59.8 Å². The summed E-state index contributed by atoms with van der Waals surface area (Å²) < 4.78 is 0.587. The molecule has 0 aromatic rings. The van der Waals surface area contributed by atoms with E-state index in [4.69, 9.17) is 0 Å². The third kappa shape index (κ3) is 4.27. The number of nitrogens with zero attached hydrogens (tertiary/aromatic N) is 1. The minimum Gasteiger partial charge on any atom is -0.255 e. The Morgan fingerprint density at radius 2 is 1.88 bits per heavy atom. The Hall–Kier alpha value is -0.630. The van der Waals surface area contributed by atoms with Gasteiger partial charge in [0.1, 0.15) is 0 Å². The molecule has 0 radical (unpaired) electrons. The zero-order valence-electron chi connectivity index (χ0n) is 12.2. The van der Waals surface area contributed by atoms with Crippen molar-refractivity contribution in [3.63, 3.8) is 0 Å². The molecule has 2 heteroatoms. The Morgan fingerprint density at radius 1 is 1.24 bits per heavy atom. The van der Waals surface area contributed by atoms with Gasteiger partial charge in [-0.25, -0.2) is 4.79 Å². The van der Waals surface area contributed by atoms with E-state index >= 15 is 0 Å². The van der Waals surface area contributed by atoms with Crippen LogP contribution in [0.5, 0.6) is 0 Å². The summed E-state index contributed by atoms with van der Waals surface area (Å²) in [7, 11) is 0. The first kappa shape index (κ1) is 16.4. The maximum absolute atomic E-state index is 12.2. The normalized spacial score (nSPS) is 16.2. The number of hydrogen-bond donors (Lipinski definition) is 0. The lowest BCUT2D eigenvalue weighted by molar-refractivity contribution is -0.874. The van der Waals surface area contributed by atoms with Gasteiger partial charge in [0.05, 0.1) is 19.1 Å². The van der Waals surface area contributed by atoms with E-state index in [9.17, 15) is 4.79 Å². The van der Waals surface area contributed by atoms with Gasteiger partial charge in [-0.2, -0.15) is 0 Å². The zero-order chi connectivity index (χ0) is 13.3. The molecular weight excluding hydrogens is 210 g/mol. The van der Waals surface area contributed by atoms with Crippen LogP contribution in [-0.2, 0) is 4.79 Å². The lowest BCUT2D eigenvalue weighted by atomic mass is 10.0. The summed E-state index contributed by atoms with van der Waals surface area (Å²) in [5.74, 6) is 0.193. The van der Waals surface area contributed by atoms with E-state index in [1.54, 1.807) is 0 Å². The lowest BCUT2D eigenvalue weighted by Gasteiger charge is -2.39. The van der Waals surface area contributed by atoms with Crippen molar-refractivity contribution in [2.75, 3.05) is 13.1 Å². The predicted octanol–water partition coefficient (Wildman–Crippen LogP) is 3.91. The van der Waals surface area contributed by atoms with E-state index in [1.807, 2.05) is 0 Å². The minimum atomic E-state index is 0.193. The van der Waals surface area contributed by atoms with Gasteiger partial charge >= 0.3 is 5.91 Å². The second kappa shape index (κ2) is 8.46. The first-order chi connectivity index (χ1) is 8.08.